The normalized spacial score (nSPS) is 29.9. The molecule has 0 N–H and O–H groups in total. The van der Waals surface area contributed by atoms with Gasteiger partial charge in [-0.1, -0.05) is 43.3 Å². The van der Waals surface area contributed by atoms with Crippen LogP contribution in [0.25, 0.3) is 11.1 Å². The van der Waals surface area contributed by atoms with Gasteiger partial charge < -0.3 is 9.47 Å². The summed E-state index contributed by atoms with van der Waals surface area (Å²) in [6.07, 6.45) is 18.7. The maximum atomic E-state index is 14.8. The van der Waals surface area contributed by atoms with E-state index < -0.39 is 11.6 Å². The molecule has 2 aromatic carbocycles. The van der Waals surface area contributed by atoms with E-state index in [4.69, 9.17) is 9.47 Å². The van der Waals surface area contributed by atoms with Crippen LogP contribution in [0.1, 0.15) is 96.0 Å². The van der Waals surface area contributed by atoms with Crippen LogP contribution >= 0.6 is 0 Å². The standard InChI is InChI=1S/C35H46F2O2/c1-3-5-24-6-20-32(39-23-24)30-17-13-28(14-18-30)26-9-7-25(8-10-26)27-11-15-29(16-12-27)31-19-21-33(38-22-4-2)35(37)34(31)36/h3,5,11-12,15-16,19,21,24-26,28,30,32H,4,6-10,13-14,17-18,20,22-23H2,1-2H3/b5-3+. The highest BCUT2D eigenvalue weighted by Gasteiger charge is 2.35. The largest absolute Gasteiger partial charge is 0.490 e. The van der Waals surface area contributed by atoms with E-state index in [0.29, 0.717) is 35.7 Å². The number of ether oxygens (including phenoxy) is 2. The highest BCUT2D eigenvalue weighted by atomic mass is 19.2. The van der Waals surface area contributed by atoms with Gasteiger partial charge in [-0.3, -0.25) is 0 Å². The Bertz CT molecular complexity index is 1070. The molecule has 212 valence electrons. The van der Waals surface area contributed by atoms with Gasteiger partial charge in [0.1, 0.15) is 0 Å². The number of benzene rings is 2. The molecule has 2 nitrogen and oxygen atoms in total. The molecule has 39 heavy (non-hydrogen) atoms. The van der Waals surface area contributed by atoms with Gasteiger partial charge in [-0.25, -0.2) is 4.39 Å². The summed E-state index contributed by atoms with van der Waals surface area (Å²) >= 11 is 0. The average Bonchev–Trinajstić information content (AvgIpc) is 2.99. The number of hydrogen-bond acceptors (Lipinski definition) is 2. The lowest BCUT2D eigenvalue weighted by molar-refractivity contribution is -0.0518. The van der Waals surface area contributed by atoms with Crippen LogP contribution in [0.2, 0.25) is 0 Å². The number of halogens is 2. The molecule has 1 heterocycles. The molecule has 2 saturated carbocycles. The lowest BCUT2D eigenvalue weighted by atomic mass is 9.67. The monoisotopic (exact) mass is 536 g/mol. The van der Waals surface area contributed by atoms with Crippen molar-refractivity contribution in [2.75, 3.05) is 13.2 Å². The minimum Gasteiger partial charge on any atom is -0.490 e. The topological polar surface area (TPSA) is 18.5 Å². The quantitative estimate of drug-likeness (QED) is 0.313. The van der Waals surface area contributed by atoms with Crippen LogP contribution < -0.4 is 4.74 Å². The number of allylic oxidation sites excluding steroid dienone is 1. The Hall–Kier alpha value is -2.20. The second kappa shape index (κ2) is 13.4. The molecule has 0 amide bonds. The summed E-state index contributed by atoms with van der Waals surface area (Å²) in [6.45, 7) is 5.33. The van der Waals surface area contributed by atoms with E-state index in [1.165, 1.54) is 75.8 Å². The first-order valence-corrected chi connectivity index (χ1v) is 15.5. The lowest BCUT2D eigenvalue weighted by Gasteiger charge is -2.41. The number of hydrogen-bond donors (Lipinski definition) is 0. The number of rotatable bonds is 8. The molecule has 0 radical (unpaired) electrons. The van der Waals surface area contributed by atoms with Gasteiger partial charge in [0, 0.05) is 11.5 Å². The van der Waals surface area contributed by atoms with E-state index in [1.54, 1.807) is 6.07 Å². The molecule has 1 saturated heterocycles. The van der Waals surface area contributed by atoms with Crippen LogP contribution in [0.3, 0.4) is 0 Å². The van der Waals surface area contributed by atoms with Gasteiger partial charge in [0.2, 0.25) is 5.82 Å². The van der Waals surface area contributed by atoms with Crippen molar-refractivity contribution in [3.8, 4) is 16.9 Å². The fourth-order valence-corrected chi connectivity index (χ4v) is 7.51. The lowest BCUT2D eigenvalue weighted by Crippen LogP contribution is -2.35. The first-order chi connectivity index (χ1) is 19.1. The Balaban J connectivity index is 1.10. The van der Waals surface area contributed by atoms with E-state index in [9.17, 15) is 8.78 Å². The molecule has 5 rings (SSSR count). The van der Waals surface area contributed by atoms with E-state index in [2.05, 4.69) is 31.2 Å². The Morgan fingerprint density at radius 3 is 2.08 bits per heavy atom. The minimum atomic E-state index is -0.901. The van der Waals surface area contributed by atoms with Crippen molar-refractivity contribution >= 4 is 0 Å². The van der Waals surface area contributed by atoms with Crippen molar-refractivity contribution in [3.05, 3.63) is 65.7 Å². The molecule has 3 fully saturated rings. The molecule has 2 aliphatic carbocycles. The summed E-state index contributed by atoms with van der Waals surface area (Å²) in [7, 11) is 0. The van der Waals surface area contributed by atoms with Gasteiger partial charge in [0.25, 0.3) is 0 Å². The second-order valence-corrected chi connectivity index (χ2v) is 12.2. The first kappa shape index (κ1) is 28.3. The Morgan fingerprint density at radius 2 is 1.46 bits per heavy atom. The molecular formula is C35H46F2O2. The summed E-state index contributed by atoms with van der Waals surface area (Å²) in [5.41, 5.74) is 2.33. The third kappa shape index (κ3) is 6.76. The summed E-state index contributed by atoms with van der Waals surface area (Å²) in [6, 6.07) is 11.3. The van der Waals surface area contributed by atoms with Gasteiger partial charge in [-0.05, 0) is 124 Å². The van der Waals surface area contributed by atoms with Crippen LogP contribution in [0.15, 0.2) is 48.6 Å². The van der Waals surface area contributed by atoms with Gasteiger partial charge in [0.15, 0.2) is 11.6 Å². The predicted octanol–water partition coefficient (Wildman–Crippen LogP) is 9.87. The second-order valence-electron chi connectivity index (χ2n) is 12.2. The zero-order valence-corrected chi connectivity index (χ0v) is 23.8. The first-order valence-electron chi connectivity index (χ1n) is 15.5. The van der Waals surface area contributed by atoms with E-state index in [1.807, 2.05) is 19.1 Å². The van der Waals surface area contributed by atoms with Crippen molar-refractivity contribution in [2.45, 2.75) is 96.5 Å². The summed E-state index contributed by atoms with van der Waals surface area (Å²) < 4.78 is 40.9. The van der Waals surface area contributed by atoms with Crippen LogP contribution in [0, 0.1) is 35.3 Å². The molecule has 0 bridgehead atoms. The summed E-state index contributed by atoms with van der Waals surface area (Å²) in [5.74, 6) is 1.95. The van der Waals surface area contributed by atoms with Gasteiger partial charge >= 0.3 is 0 Å². The van der Waals surface area contributed by atoms with Crippen molar-refractivity contribution in [1.82, 2.24) is 0 Å². The van der Waals surface area contributed by atoms with Crippen molar-refractivity contribution in [1.29, 1.82) is 0 Å². The molecular weight excluding hydrogens is 490 g/mol. The molecule has 3 aliphatic rings. The average molecular weight is 537 g/mol. The maximum absolute atomic E-state index is 14.8. The molecule has 0 aromatic heterocycles. The molecule has 1 aliphatic heterocycles. The Kier molecular flexibility index (Phi) is 9.76. The van der Waals surface area contributed by atoms with Crippen molar-refractivity contribution in [3.63, 3.8) is 0 Å². The third-order valence-electron chi connectivity index (χ3n) is 9.79. The highest BCUT2D eigenvalue weighted by Crippen LogP contribution is 2.45. The van der Waals surface area contributed by atoms with Crippen molar-refractivity contribution < 1.29 is 18.3 Å². The van der Waals surface area contributed by atoms with E-state index in [0.717, 1.165) is 30.8 Å². The third-order valence-corrected chi connectivity index (χ3v) is 9.79. The maximum Gasteiger partial charge on any atom is 0.201 e. The zero-order valence-electron chi connectivity index (χ0n) is 23.8. The molecule has 2 unspecified atom stereocenters. The fourth-order valence-electron chi connectivity index (χ4n) is 7.51. The summed E-state index contributed by atoms with van der Waals surface area (Å²) in [4.78, 5) is 0. The Labute approximate surface area is 234 Å². The van der Waals surface area contributed by atoms with Gasteiger partial charge in [-0.15, -0.1) is 0 Å². The van der Waals surface area contributed by atoms with Crippen LogP contribution in [-0.4, -0.2) is 19.3 Å². The van der Waals surface area contributed by atoms with Crippen LogP contribution in [0.4, 0.5) is 8.78 Å². The zero-order chi connectivity index (χ0) is 27.2. The van der Waals surface area contributed by atoms with Crippen LogP contribution in [0.5, 0.6) is 5.75 Å². The van der Waals surface area contributed by atoms with Gasteiger partial charge in [0.05, 0.1) is 19.3 Å². The Morgan fingerprint density at radius 1 is 0.795 bits per heavy atom. The smallest absolute Gasteiger partial charge is 0.201 e. The minimum absolute atomic E-state index is 0.0134. The summed E-state index contributed by atoms with van der Waals surface area (Å²) in [5, 5.41) is 0. The van der Waals surface area contributed by atoms with Crippen LogP contribution in [-0.2, 0) is 4.74 Å². The van der Waals surface area contributed by atoms with E-state index in [-0.39, 0.29) is 5.75 Å². The molecule has 2 aromatic rings. The van der Waals surface area contributed by atoms with E-state index >= 15 is 0 Å². The molecule has 0 spiro atoms. The molecule has 4 heteroatoms. The predicted molar refractivity (Wildman–Crippen MR) is 155 cm³/mol. The highest BCUT2D eigenvalue weighted by molar-refractivity contribution is 5.65. The molecule has 2 atom stereocenters. The SMILES string of the molecule is C/C=C/C1CCC(C2CCC(C3CCC(c4ccc(-c5ccc(OCCC)c(F)c5F)cc4)CC3)CC2)OC1. The van der Waals surface area contributed by atoms with Crippen molar-refractivity contribution in [2.24, 2.45) is 23.7 Å². The fraction of sp³-hybridized carbons (Fsp3) is 0.600. The van der Waals surface area contributed by atoms with Gasteiger partial charge in [-0.2, -0.15) is 4.39 Å².